The highest BCUT2D eigenvalue weighted by atomic mass is 32.2. The van der Waals surface area contributed by atoms with Crippen molar-refractivity contribution in [3.8, 4) is 0 Å². The maximum atomic E-state index is 11.6. The summed E-state index contributed by atoms with van der Waals surface area (Å²) < 4.78 is 6.14. The molecule has 1 fully saturated rings. The normalized spacial score (nSPS) is 30.6. The lowest BCUT2D eigenvalue weighted by Gasteiger charge is -2.48. The number of amides is 1. The molecule has 0 aromatic rings. The van der Waals surface area contributed by atoms with Crippen LogP contribution in [0, 0.1) is 0 Å². The Bertz CT molecular complexity index is 461. The second-order valence-electron chi connectivity index (χ2n) is 4.17. The van der Waals surface area contributed by atoms with Crippen LogP contribution in [0.1, 0.15) is 19.8 Å². The van der Waals surface area contributed by atoms with E-state index in [2.05, 4.69) is 0 Å². The number of carboxylic acid groups (broad SMARTS) is 1. The Morgan fingerprint density at radius 2 is 2.28 bits per heavy atom. The highest BCUT2D eigenvalue weighted by Crippen LogP contribution is 2.41. The number of hydrogen-bond donors (Lipinski definition) is 2. The maximum Gasteiger partial charge on any atom is 0.378 e. The van der Waals surface area contributed by atoms with Gasteiger partial charge in [0.25, 0.3) is 5.91 Å². The van der Waals surface area contributed by atoms with E-state index >= 15 is 0 Å². The Balaban J connectivity index is 2.26. The zero-order valence-electron chi connectivity index (χ0n) is 9.79. The number of rotatable bonds is 2. The van der Waals surface area contributed by atoms with Crippen molar-refractivity contribution in [2.24, 2.45) is 5.73 Å². The lowest BCUT2D eigenvalue weighted by molar-refractivity contribution is -0.139. The van der Waals surface area contributed by atoms with Crippen molar-refractivity contribution in [2.45, 2.75) is 31.8 Å². The predicted molar refractivity (Wildman–Crippen MR) is 65.1 cm³/mol. The van der Waals surface area contributed by atoms with E-state index in [0.29, 0.717) is 17.7 Å². The van der Waals surface area contributed by atoms with Gasteiger partial charge in [0.05, 0.1) is 6.04 Å². The molecule has 2 aliphatic rings. The molecule has 2 aliphatic heterocycles. The van der Waals surface area contributed by atoms with Gasteiger partial charge in [-0.15, -0.1) is 0 Å². The van der Waals surface area contributed by atoms with Gasteiger partial charge < -0.3 is 15.6 Å². The van der Waals surface area contributed by atoms with Crippen molar-refractivity contribution in [1.82, 2.24) is 4.31 Å². The molecule has 8 heteroatoms. The van der Waals surface area contributed by atoms with Gasteiger partial charge in [0.15, 0.2) is 0 Å². The van der Waals surface area contributed by atoms with E-state index in [4.69, 9.17) is 10.5 Å². The molecule has 1 amide bonds. The van der Waals surface area contributed by atoms with Crippen LogP contribution >= 0.6 is 10.7 Å². The average Bonchev–Trinajstić information content (AvgIpc) is 2.33. The van der Waals surface area contributed by atoms with E-state index < -0.39 is 28.0 Å². The van der Waals surface area contributed by atoms with Crippen LogP contribution in [0.15, 0.2) is 0 Å². The molecule has 2 heterocycles. The molecule has 0 aliphatic carbocycles. The molecule has 0 spiro atoms. The fourth-order valence-electron chi connectivity index (χ4n) is 2.12. The average molecular weight is 274 g/mol. The molecule has 100 valence electrons. The Morgan fingerprint density at radius 1 is 1.61 bits per heavy atom. The van der Waals surface area contributed by atoms with E-state index in [-0.39, 0.29) is 18.6 Å². The van der Waals surface area contributed by atoms with E-state index in [9.17, 15) is 19.5 Å². The second kappa shape index (κ2) is 4.69. The Morgan fingerprint density at radius 3 is 2.83 bits per heavy atom. The first kappa shape index (κ1) is 13.0. The molecule has 7 nitrogen and oxygen atoms in total. The molecule has 1 saturated heterocycles. The standard InChI is InChI=1S/C10H14N2O5S/c1-5(13)17-4-6-2-3-7-8(11)9(14)12(7)18(6)10(15)16/h7-8H,2-4,11H2,1H3,(H,15,16)/t7-,8+,18?/m1/s1. The fourth-order valence-corrected chi connectivity index (χ4v) is 4.11. The van der Waals surface area contributed by atoms with Crippen molar-refractivity contribution in [3.05, 3.63) is 0 Å². The summed E-state index contributed by atoms with van der Waals surface area (Å²) in [6, 6.07) is -0.785. The number of hydrogen-bond acceptors (Lipinski definition) is 5. The van der Waals surface area contributed by atoms with Crippen LogP contribution < -0.4 is 5.73 Å². The third-order valence-electron chi connectivity index (χ3n) is 3.01. The summed E-state index contributed by atoms with van der Waals surface area (Å²) in [4.78, 5) is 34.2. The lowest BCUT2D eigenvalue weighted by Crippen LogP contribution is -2.68. The minimum atomic E-state index is -1.33. The Labute approximate surface area is 106 Å². The van der Waals surface area contributed by atoms with Crippen molar-refractivity contribution in [3.63, 3.8) is 0 Å². The fraction of sp³-hybridized carbons (Fsp3) is 0.600. The quantitative estimate of drug-likeness (QED) is 0.414. The minimum absolute atomic E-state index is 0.0452. The second-order valence-corrected chi connectivity index (χ2v) is 6.05. The van der Waals surface area contributed by atoms with Gasteiger partial charge in [-0.25, -0.2) is 4.79 Å². The summed E-state index contributed by atoms with van der Waals surface area (Å²) in [5, 5.41) is 8.13. The topological polar surface area (TPSA) is 110 Å². The largest absolute Gasteiger partial charge is 0.472 e. The molecule has 0 radical (unpaired) electrons. The molecule has 3 N–H and O–H groups in total. The van der Waals surface area contributed by atoms with E-state index in [0.717, 1.165) is 0 Å². The van der Waals surface area contributed by atoms with Gasteiger partial charge in [0.1, 0.15) is 12.6 Å². The van der Waals surface area contributed by atoms with Crippen LogP contribution in [-0.2, 0) is 14.3 Å². The molecule has 2 rings (SSSR count). The number of ether oxygens (including phenoxy) is 1. The molecule has 0 aromatic carbocycles. The van der Waals surface area contributed by atoms with Crippen LogP contribution in [0.25, 0.3) is 0 Å². The molecule has 1 unspecified atom stereocenters. The molecular weight excluding hydrogens is 260 g/mol. The molecule has 18 heavy (non-hydrogen) atoms. The number of fused-ring (bicyclic) bond motifs is 1. The van der Waals surface area contributed by atoms with Gasteiger partial charge in [-0.3, -0.25) is 13.9 Å². The highest BCUT2D eigenvalue weighted by Gasteiger charge is 2.50. The van der Waals surface area contributed by atoms with E-state index in [1.165, 1.54) is 11.2 Å². The van der Waals surface area contributed by atoms with Crippen LogP contribution in [0.3, 0.4) is 0 Å². The third-order valence-corrected chi connectivity index (χ3v) is 5.05. The molecule has 0 aromatic heterocycles. The molecule has 0 bridgehead atoms. The number of nitrogens with two attached hydrogens (primary N) is 1. The lowest BCUT2D eigenvalue weighted by atomic mass is 9.94. The van der Waals surface area contributed by atoms with Crippen LogP contribution in [0.5, 0.6) is 0 Å². The predicted octanol–water partition coefficient (Wildman–Crippen LogP) is -0.0843. The summed E-state index contributed by atoms with van der Waals surface area (Å²) in [6.07, 6.45) is 1.14. The highest BCUT2D eigenvalue weighted by molar-refractivity contribution is 8.26. The van der Waals surface area contributed by atoms with Gasteiger partial charge in [0.2, 0.25) is 0 Å². The van der Waals surface area contributed by atoms with Crippen molar-refractivity contribution in [2.75, 3.05) is 6.61 Å². The minimum Gasteiger partial charge on any atom is -0.472 e. The van der Waals surface area contributed by atoms with Crippen molar-refractivity contribution < 1.29 is 24.2 Å². The molecule has 3 atom stereocenters. The third kappa shape index (κ3) is 2.01. The summed E-state index contributed by atoms with van der Waals surface area (Å²) in [6.45, 7) is 1.21. The number of nitrogens with zero attached hydrogens (tertiary/aromatic N) is 1. The monoisotopic (exact) mass is 274 g/mol. The van der Waals surface area contributed by atoms with E-state index in [1.807, 2.05) is 0 Å². The van der Waals surface area contributed by atoms with E-state index in [1.54, 1.807) is 0 Å². The summed E-state index contributed by atoms with van der Waals surface area (Å²) >= 11 is 0. The summed E-state index contributed by atoms with van der Waals surface area (Å²) in [7, 11) is -1.33. The SMILES string of the molecule is CC(=O)OCC1=S(C(=O)O)N2C(=O)[C@@H](N)[C@H]2CC1. The van der Waals surface area contributed by atoms with Crippen molar-refractivity contribution >= 4 is 32.7 Å². The first-order valence-corrected chi connectivity index (χ1v) is 6.65. The molecule has 0 saturated carbocycles. The first-order valence-electron chi connectivity index (χ1n) is 5.47. The maximum absolute atomic E-state index is 11.6. The Hall–Kier alpha value is -1.41. The zero-order valence-corrected chi connectivity index (χ0v) is 10.6. The smallest absolute Gasteiger partial charge is 0.378 e. The van der Waals surface area contributed by atoms with Gasteiger partial charge in [-0.05, 0) is 12.8 Å². The van der Waals surface area contributed by atoms with Crippen LogP contribution in [0.4, 0.5) is 4.79 Å². The summed E-state index contributed by atoms with van der Waals surface area (Å²) in [5.41, 5.74) is 5.63. The van der Waals surface area contributed by atoms with Gasteiger partial charge in [-0.1, -0.05) is 0 Å². The summed E-state index contributed by atoms with van der Waals surface area (Å²) in [5.74, 6) is -0.809. The Kier molecular flexibility index (Phi) is 3.40. The number of β-lactam (4-membered cyclic amide) rings is 1. The van der Waals surface area contributed by atoms with Gasteiger partial charge >= 0.3 is 11.3 Å². The number of carbonyl (C=O) groups excluding carboxylic acids is 2. The number of carbonyl (C=O) groups is 3. The van der Waals surface area contributed by atoms with Gasteiger partial charge in [0, 0.05) is 22.5 Å². The van der Waals surface area contributed by atoms with Crippen LogP contribution in [-0.4, -0.2) is 50.1 Å². The molecular formula is C10H14N2O5S. The van der Waals surface area contributed by atoms with Crippen LogP contribution in [0.2, 0.25) is 0 Å². The van der Waals surface area contributed by atoms with Crippen molar-refractivity contribution in [1.29, 1.82) is 0 Å². The number of esters is 1. The zero-order chi connectivity index (χ0) is 13.4. The first-order chi connectivity index (χ1) is 8.43. The van der Waals surface area contributed by atoms with Gasteiger partial charge in [-0.2, -0.15) is 0 Å².